The molecule has 0 aliphatic heterocycles. The molecule has 0 aromatic heterocycles. The first-order chi connectivity index (χ1) is 5.86. The van der Waals surface area contributed by atoms with Crippen molar-refractivity contribution in [3.05, 3.63) is 36.5 Å². The molecule has 0 spiro atoms. The summed E-state index contributed by atoms with van der Waals surface area (Å²) in [6.07, 6.45) is 12.5. The van der Waals surface area contributed by atoms with Crippen molar-refractivity contribution >= 4 is 22.6 Å². The molecule has 0 bridgehead atoms. The van der Waals surface area contributed by atoms with Gasteiger partial charge in [-0.15, -0.1) is 6.58 Å². The zero-order valence-corrected chi connectivity index (χ0v) is 9.46. The van der Waals surface area contributed by atoms with E-state index in [2.05, 4.69) is 53.5 Å². The molecule has 0 nitrogen and oxygen atoms in total. The Labute approximate surface area is 88.6 Å². The van der Waals surface area contributed by atoms with Crippen molar-refractivity contribution in [2.45, 2.75) is 19.3 Å². The number of alkyl halides is 1. The molecule has 66 valence electrons. The maximum atomic E-state index is 3.84. The molecule has 1 atom stereocenters. The number of hydrogen-bond donors (Lipinski definition) is 0. The van der Waals surface area contributed by atoms with Crippen molar-refractivity contribution in [1.82, 2.24) is 0 Å². The molecule has 0 aromatic carbocycles. The van der Waals surface area contributed by atoms with Gasteiger partial charge in [-0.1, -0.05) is 52.5 Å². The van der Waals surface area contributed by atoms with Crippen LogP contribution in [0.3, 0.4) is 0 Å². The lowest BCUT2D eigenvalue weighted by molar-refractivity contribution is 0.744. The fraction of sp³-hybridized carbons (Fsp3) is 0.455. The molecule has 0 saturated carbocycles. The van der Waals surface area contributed by atoms with Gasteiger partial charge >= 0.3 is 0 Å². The molecular weight excluding hydrogens is 259 g/mol. The van der Waals surface area contributed by atoms with Gasteiger partial charge in [0.15, 0.2) is 0 Å². The lowest BCUT2D eigenvalue weighted by Gasteiger charge is -2.11. The van der Waals surface area contributed by atoms with Crippen LogP contribution in [0, 0.1) is 5.92 Å². The minimum Gasteiger partial charge on any atom is -0.103 e. The topological polar surface area (TPSA) is 0 Å². The maximum absolute atomic E-state index is 3.84. The second-order valence-electron chi connectivity index (χ2n) is 3.11. The zero-order valence-electron chi connectivity index (χ0n) is 7.30. The van der Waals surface area contributed by atoms with Crippen molar-refractivity contribution in [3.8, 4) is 0 Å². The summed E-state index contributed by atoms with van der Waals surface area (Å²) in [5.74, 6) is 0.652. The Morgan fingerprint density at radius 3 is 2.92 bits per heavy atom. The molecule has 12 heavy (non-hydrogen) atoms. The second kappa shape index (κ2) is 5.57. The number of halogens is 1. The van der Waals surface area contributed by atoms with Crippen LogP contribution in [0.5, 0.6) is 0 Å². The van der Waals surface area contributed by atoms with Crippen LogP contribution in [0.15, 0.2) is 36.5 Å². The first kappa shape index (κ1) is 10.0. The van der Waals surface area contributed by atoms with E-state index in [9.17, 15) is 0 Å². The van der Waals surface area contributed by atoms with Crippen LogP contribution >= 0.6 is 22.6 Å². The van der Waals surface area contributed by atoms with Crippen LogP contribution in [0.1, 0.15) is 19.3 Å². The standard InChI is InChI=1S/C11H15I/c1-2-10(9-12)8-11-6-4-3-5-7-11/h2,4,6-7,10H,1,3,5,8-9H2/t10-/m0/s1. The number of rotatable bonds is 4. The second-order valence-corrected chi connectivity index (χ2v) is 3.99. The van der Waals surface area contributed by atoms with Crippen molar-refractivity contribution in [2.75, 3.05) is 4.43 Å². The third kappa shape index (κ3) is 3.13. The molecule has 1 rings (SSSR count). The molecule has 0 fully saturated rings. The highest BCUT2D eigenvalue weighted by Crippen LogP contribution is 2.20. The highest BCUT2D eigenvalue weighted by Gasteiger charge is 2.04. The van der Waals surface area contributed by atoms with Gasteiger partial charge in [-0.25, -0.2) is 0 Å². The predicted molar refractivity (Wildman–Crippen MR) is 63.6 cm³/mol. The summed E-state index contributed by atoms with van der Waals surface area (Å²) >= 11 is 2.42. The highest BCUT2D eigenvalue weighted by molar-refractivity contribution is 14.1. The SMILES string of the molecule is C=C[C@H](CI)CC1=CCCC=C1. The Morgan fingerprint density at radius 2 is 2.42 bits per heavy atom. The molecular formula is C11H15I. The van der Waals surface area contributed by atoms with E-state index >= 15 is 0 Å². The molecule has 0 amide bonds. The van der Waals surface area contributed by atoms with E-state index in [1.807, 2.05) is 0 Å². The van der Waals surface area contributed by atoms with Crippen LogP contribution in [0.4, 0.5) is 0 Å². The normalized spacial score (nSPS) is 18.6. The van der Waals surface area contributed by atoms with Crippen molar-refractivity contribution in [3.63, 3.8) is 0 Å². The van der Waals surface area contributed by atoms with Gasteiger partial charge in [0.25, 0.3) is 0 Å². The Kier molecular flexibility index (Phi) is 4.66. The molecule has 0 N–H and O–H groups in total. The van der Waals surface area contributed by atoms with E-state index in [0.717, 1.165) is 0 Å². The van der Waals surface area contributed by atoms with E-state index < -0.39 is 0 Å². The summed E-state index contributed by atoms with van der Waals surface area (Å²) in [5.41, 5.74) is 1.49. The molecule has 0 heterocycles. The Bertz CT molecular complexity index is 201. The monoisotopic (exact) mass is 274 g/mol. The lowest BCUT2D eigenvalue weighted by atomic mass is 9.97. The average molecular weight is 274 g/mol. The smallest absolute Gasteiger partial charge is 0.00614 e. The molecule has 1 aliphatic carbocycles. The summed E-state index contributed by atoms with van der Waals surface area (Å²) in [5, 5.41) is 0. The van der Waals surface area contributed by atoms with E-state index in [1.54, 1.807) is 0 Å². The van der Waals surface area contributed by atoms with Crippen molar-refractivity contribution in [2.24, 2.45) is 5.92 Å². The third-order valence-electron chi connectivity index (χ3n) is 2.10. The summed E-state index contributed by atoms with van der Waals surface area (Å²) < 4.78 is 1.17. The molecule has 0 saturated heterocycles. The fourth-order valence-corrected chi connectivity index (χ4v) is 1.99. The van der Waals surface area contributed by atoms with Crippen molar-refractivity contribution < 1.29 is 0 Å². The molecule has 0 radical (unpaired) electrons. The minimum absolute atomic E-state index is 0.652. The van der Waals surface area contributed by atoms with E-state index in [4.69, 9.17) is 0 Å². The Morgan fingerprint density at radius 1 is 1.58 bits per heavy atom. The minimum atomic E-state index is 0.652. The highest BCUT2D eigenvalue weighted by atomic mass is 127. The van der Waals surface area contributed by atoms with E-state index in [1.165, 1.54) is 29.3 Å². The number of allylic oxidation sites excluding steroid dienone is 5. The summed E-state index contributed by atoms with van der Waals surface area (Å²) in [4.78, 5) is 0. The van der Waals surface area contributed by atoms with Crippen LogP contribution in [-0.4, -0.2) is 4.43 Å². The lowest BCUT2D eigenvalue weighted by Crippen LogP contribution is -1.99. The third-order valence-corrected chi connectivity index (χ3v) is 3.23. The number of hydrogen-bond acceptors (Lipinski definition) is 0. The van der Waals surface area contributed by atoms with E-state index in [0.29, 0.717) is 5.92 Å². The predicted octanol–water partition coefficient (Wildman–Crippen LogP) is 3.89. The van der Waals surface area contributed by atoms with Gasteiger partial charge in [0.2, 0.25) is 0 Å². The van der Waals surface area contributed by atoms with Gasteiger partial charge in [-0.2, -0.15) is 0 Å². The summed E-state index contributed by atoms with van der Waals surface area (Å²) in [7, 11) is 0. The Balaban J connectivity index is 2.43. The average Bonchev–Trinajstić information content (AvgIpc) is 2.16. The molecule has 1 heteroatoms. The largest absolute Gasteiger partial charge is 0.103 e. The quantitative estimate of drug-likeness (QED) is 0.414. The van der Waals surface area contributed by atoms with Crippen LogP contribution in [0.2, 0.25) is 0 Å². The van der Waals surface area contributed by atoms with E-state index in [-0.39, 0.29) is 0 Å². The van der Waals surface area contributed by atoms with Gasteiger partial charge in [0.1, 0.15) is 0 Å². The maximum Gasteiger partial charge on any atom is 0.00614 e. The first-order valence-electron chi connectivity index (χ1n) is 4.41. The zero-order chi connectivity index (χ0) is 8.81. The fourth-order valence-electron chi connectivity index (χ4n) is 1.32. The molecule has 0 aromatic rings. The molecule has 1 aliphatic rings. The van der Waals surface area contributed by atoms with Gasteiger partial charge in [-0.05, 0) is 25.2 Å². The summed E-state index contributed by atoms with van der Waals surface area (Å²) in [6.45, 7) is 3.84. The van der Waals surface area contributed by atoms with Crippen LogP contribution in [-0.2, 0) is 0 Å². The molecule has 0 unspecified atom stereocenters. The summed E-state index contributed by atoms with van der Waals surface area (Å²) in [6, 6.07) is 0. The van der Waals surface area contributed by atoms with Gasteiger partial charge < -0.3 is 0 Å². The van der Waals surface area contributed by atoms with Gasteiger partial charge in [0, 0.05) is 4.43 Å². The van der Waals surface area contributed by atoms with Gasteiger partial charge in [0.05, 0.1) is 0 Å². The Hall–Kier alpha value is -0.0500. The van der Waals surface area contributed by atoms with Crippen molar-refractivity contribution in [1.29, 1.82) is 0 Å². The van der Waals surface area contributed by atoms with Crippen LogP contribution < -0.4 is 0 Å². The van der Waals surface area contributed by atoms with Crippen LogP contribution in [0.25, 0.3) is 0 Å². The van der Waals surface area contributed by atoms with Gasteiger partial charge in [-0.3, -0.25) is 0 Å². The first-order valence-corrected chi connectivity index (χ1v) is 5.93.